The first-order valence-corrected chi connectivity index (χ1v) is 12.6. The predicted octanol–water partition coefficient (Wildman–Crippen LogP) is 4.88. The lowest BCUT2D eigenvalue weighted by molar-refractivity contribution is 0.614. The molecule has 0 amide bonds. The van der Waals surface area contributed by atoms with Crippen LogP contribution in [-0.4, -0.2) is 45.8 Å². The van der Waals surface area contributed by atoms with Crippen molar-refractivity contribution in [1.82, 2.24) is 19.6 Å². The smallest absolute Gasteiger partial charge is 0.254 e. The van der Waals surface area contributed by atoms with Gasteiger partial charge in [0, 0.05) is 48.9 Å². The van der Waals surface area contributed by atoms with Gasteiger partial charge in [-0.15, -0.1) is 5.10 Å². The van der Waals surface area contributed by atoms with E-state index >= 15 is 0 Å². The van der Waals surface area contributed by atoms with Crippen molar-refractivity contribution < 1.29 is 0 Å². The molecule has 0 atom stereocenters. The van der Waals surface area contributed by atoms with Crippen LogP contribution in [-0.2, 0) is 19.3 Å². The summed E-state index contributed by atoms with van der Waals surface area (Å²) in [6.45, 7) is 5.88. The van der Waals surface area contributed by atoms with Gasteiger partial charge in [0.2, 0.25) is 0 Å². The summed E-state index contributed by atoms with van der Waals surface area (Å²) in [4.78, 5) is 14.7. The van der Waals surface area contributed by atoms with Crippen molar-refractivity contribution >= 4 is 28.9 Å². The molecule has 6 nitrogen and oxygen atoms in total. The van der Waals surface area contributed by atoms with Crippen LogP contribution in [0.15, 0.2) is 48.5 Å². The minimum Gasteiger partial charge on any atom is -0.368 e. The molecule has 1 aliphatic heterocycles. The molecular formula is C27H29ClN6. The molecule has 0 N–H and O–H groups in total. The lowest BCUT2D eigenvalue weighted by Crippen LogP contribution is -2.47. The number of aromatic nitrogens is 4. The number of hydrogen-bond donors (Lipinski definition) is 0. The Morgan fingerprint density at radius 1 is 0.882 bits per heavy atom. The Kier molecular flexibility index (Phi) is 5.61. The van der Waals surface area contributed by atoms with Gasteiger partial charge in [-0.2, -0.15) is 9.50 Å². The summed E-state index contributed by atoms with van der Waals surface area (Å²) < 4.78 is 2.02. The van der Waals surface area contributed by atoms with Crippen LogP contribution >= 0.6 is 11.6 Å². The minimum atomic E-state index is 0.719. The Morgan fingerprint density at radius 3 is 2.44 bits per heavy atom. The quantitative estimate of drug-likeness (QED) is 0.423. The van der Waals surface area contributed by atoms with E-state index in [9.17, 15) is 0 Å². The van der Waals surface area contributed by atoms with Crippen molar-refractivity contribution in [3.63, 3.8) is 0 Å². The number of halogens is 1. The van der Waals surface area contributed by atoms with E-state index in [2.05, 4.69) is 53.1 Å². The second-order valence-electron chi connectivity index (χ2n) is 9.42. The molecule has 4 aromatic rings. The zero-order valence-electron chi connectivity index (χ0n) is 19.5. The number of fused-ring (bicyclic) bond motifs is 2. The zero-order valence-corrected chi connectivity index (χ0v) is 20.3. The van der Waals surface area contributed by atoms with Gasteiger partial charge in [0.05, 0.1) is 5.69 Å². The zero-order chi connectivity index (χ0) is 23.1. The van der Waals surface area contributed by atoms with Gasteiger partial charge in [-0.1, -0.05) is 47.5 Å². The highest BCUT2D eigenvalue weighted by Gasteiger charge is 2.27. The van der Waals surface area contributed by atoms with Gasteiger partial charge in [0.15, 0.2) is 5.82 Å². The lowest BCUT2D eigenvalue weighted by Gasteiger charge is -2.38. The van der Waals surface area contributed by atoms with Gasteiger partial charge < -0.3 is 9.80 Å². The van der Waals surface area contributed by atoms with Crippen molar-refractivity contribution in [2.75, 3.05) is 36.0 Å². The molecule has 2 aromatic heterocycles. The summed E-state index contributed by atoms with van der Waals surface area (Å²) in [5.74, 6) is 2.76. The summed E-state index contributed by atoms with van der Waals surface area (Å²) in [5.41, 5.74) is 6.25. The number of hydrogen-bond acceptors (Lipinski definition) is 5. The highest BCUT2D eigenvalue weighted by Crippen LogP contribution is 2.31. The average Bonchev–Trinajstić information content (AvgIpc) is 3.26. The highest BCUT2D eigenvalue weighted by molar-refractivity contribution is 6.30. The van der Waals surface area contributed by atoms with Crippen LogP contribution in [0.3, 0.4) is 0 Å². The van der Waals surface area contributed by atoms with E-state index in [4.69, 9.17) is 26.7 Å². The molecule has 0 radical (unpaired) electrons. The molecule has 2 aliphatic rings. The first kappa shape index (κ1) is 21.4. The molecule has 1 aliphatic carbocycles. The highest BCUT2D eigenvalue weighted by atomic mass is 35.5. The third kappa shape index (κ3) is 4.11. The fraction of sp³-hybridized carbons (Fsp3) is 0.370. The molecule has 174 valence electrons. The van der Waals surface area contributed by atoms with E-state index in [1.54, 1.807) is 0 Å². The van der Waals surface area contributed by atoms with Crippen molar-refractivity contribution in [2.45, 2.75) is 39.0 Å². The molecule has 0 spiro atoms. The van der Waals surface area contributed by atoms with E-state index in [0.717, 1.165) is 62.1 Å². The number of benzene rings is 2. The van der Waals surface area contributed by atoms with Crippen LogP contribution in [0, 0.1) is 6.92 Å². The van der Waals surface area contributed by atoms with Crippen molar-refractivity contribution in [3.05, 3.63) is 81.8 Å². The Hall–Kier alpha value is -3.12. The Morgan fingerprint density at radius 2 is 1.65 bits per heavy atom. The Labute approximate surface area is 205 Å². The summed E-state index contributed by atoms with van der Waals surface area (Å²) in [5, 5.41) is 5.76. The van der Waals surface area contributed by atoms with E-state index in [0.29, 0.717) is 0 Å². The number of anilines is 2. The maximum atomic E-state index is 6.24. The van der Waals surface area contributed by atoms with Gasteiger partial charge in [-0.05, 0) is 56.4 Å². The fourth-order valence-electron chi connectivity index (χ4n) is 5.20. The van der Waals surface area contributed by atoms with E-state index in [1.807, 2.05) is 16.6 Å². The van der Waals surface area contributed by atoms with E-state index in [1.165, 1.54) is 46.7 Å². The summed E-state index contributed by atoms with van der Waals surface area (Å²) in [7, 11) is 0. The fourth-order valence-corrected chi connectivity index (χ4v) is 5.38. The standard InChI is InChI=1S/C27H29ClN6/c1-19-9-11-20(12-10-19)17-25-30-27-29-24-8-3-2-7-23(24)26(34(27)31-25)33-15-13-32(14-16-33)22-6-4-5-21(28)18-22/h4-6,9-12,18H,2-3,7-8,13-17H2,1H3. The molecule has 1 fully saturated rings. The minimum absolute atomic E-state index is 0.719. The van der Waals surface area contributed by atoms with Crippen LogP contribution in [0.25, 0.3) is 5.78 Å². The topological polar surface area (TPSA) is 49.6 Å². The Balaban J connectivity index is 1.32. The average molecular weight is 473 g/mol. The monoisotopic (exact) mass is 472 g/mol. The third-order valence-electron chi connectivity index (χ3n) is 7.01. The van der Waals surface area contributed by atoms with E-state index < -0.39 is 0 Å². The number of nitrogens with zero attached hydrogens (tertiary/aromatic N) is 6. The first-order valence-electron chi connectivity index (χ1n) is 12.2. The second kappa shape index (κ2) is 8.91. The van der Waals surface area contributed by atoms with Crippen molar-refractivity contribution in [3.8, 4) is 0 Å². The first-order chi connectivity index (χ1) is 16.6. The van der Waals surface area contributed by atoms with Gasteiger partial charge in [0.25, 0.3) is 5.78 Å². The lowest BCUT2D eigenvalue weighted by atomic mass is 9.96. The van der Waals surface area contributed by atoms with Gasteiger partial charge in [-0.25, -0.2) is 4.98 Å². The van der Waals surface area contributed by atoms with Crippen molar-refractivity contribution in [2.24, 2.45) is 0 Å². The summed E-state index contributed by atoms with van der Waals surface area (Å²) in [6, 6.07) is 16.8. The molecule has 34 heavy (non-hydrogen) atoms. The molecule has 0 bridgehead atoms. The van der Waals surface area contributed by atoms with Crippen molar-refractivity contribution in [1.29, 1.82) is 0 Å². The van der Waals surface area contributed by atoms with Crippen LogP contribution in [0.1, 0.15) is 41.1 Å². The predicted molar refractivity (Wildman–Crippen MR) is 137 cm³/mol. The molecule has 0 unspecified atom stereocenters. The molecule has 0 saturated carbocycles. The molecule has 6 rings (SSSR count). The summed E-state index contributed by atoms with van der Waals surface area (Å²) in [6.07, 6.45) is 5.22. The maximum Gasteiger partial charge on any atom is 0.254 e. The van der Waals surface area contributed by atoms with Gasteiger partial charge >= 0.3 is 0 Å². The number of piperazine rings is 1. The normalized spacial score (nSPS) is 16.2. The molecule has 2 aromatic carbocycles. The third-order valence-corrected chi connectivity index (χ3v) is 7.25. The maximum absolute atomic E-state index is 6.24. The molecular weight excluding hydrogens is 444 g/mol. The van der Waals surface area contributed by atoms with Gasteiger partial charge in [-0.3, -0.25) is 0 Å². The number of aryl methyl sites for hydroxylation is 2. The molecule has 3 heterocycles. The molecule has 1 saturated heterocycles. The second-order valence-corrected chi connectivity index (χ2v) is 9.86. The summed E-state index contributed by atoms with van der Waals surface area (Å²) >= 11 is 6.24. The van der Waals surface area contributed by atoms with E-state index in [-0.39, 0.29) is 0 Å². The number of rotatable bonds is 4. The van der Waals surface area contributed by atoms with Crippen LogP contribution in [0.4, 0.5) is 11.5 Å². The SMILES string of the molecule is Cc1ccc(Cc2nc3nc4c(c(N5CCN(c6cccc(Cl)c6)CC5)n3n2)CCCC4)cc1. The van der Waals surface area contributed by atoms with Crippen LogP contribution in [0.2, 0.25) is 5.02 Å². The van der Waals surface area contributed by atoms with Gasteiger partial charge in [0.1, 0.15) is 5.82 Å². The largest absolute Gasteiger partial charge is 0.368 e. The van der Waals surface area contributed by atoms with Crippen LogP contribution in [0.5, 0.6) is 0 Å². The van der Waals surface area contributed by atoms with Crippen LogP contribution < -0.4 is 9.80 Å². The molecule has 7 heteroatoms. The Bertz CT molecular complexity index is 1320.